The van der Waals surface area contributed by atoms with Gasteiger partial charge in [-0.3, -0.25) is 0 Å². The first kappa shape index (κ1) is 15.7. The van der Waals surface area contributed by atoms with Crippen LogP contribution in [0.3, 0.4) is 0 Å². The molecule has 1 unspecified atom stereocenters. The molecule has 2 aromatic rings. The third-order valence-electron chi connectivity index (χ3n) is 3.24. The predicted octanol–water partition coefficient (Wildman–Crippen LogP) is 3.24. The standard InChI is InChI=1S/C16H23N3O2/c1-5-20-13(16(2,3)4)14-18-15(21-19-14)12(17)11-9-7-6-8-10-11/h6-10,12-13H,5,17H2,1-4H3/t12-,13?/m0/s1. The number of nitrogens with two attached hydrogens (primary N) is 1. The molecular formula is C16H23N3O2. The smallest absolute Gasteiger partial charge is 0.248 e. The summed E-state index contributed by atoms with van der Waals surface area (Å²) < 4.78 is 11.1. The second-order valence-corrected chi connectivity index (χ2v) is 6.08. The first-order chi connectivity index (χ1) is 9.93. The van der Waals surface area contributed by atoms with E-state index >= 15 is 0 Å². The second kappa shape index (κ2) is 6.37. The van der Waals surface area contributed by atoms with Gasteiger partial charge >= 0.3 is 0 Å². The maximum atomic E-state index is 6.18. The molecule has 2 rings (SSSR count). The Kier molecular flexibility index (Phi) is 4.75. The Balaban J connectivity index is 2.24. The Bertz CT molecular complexity index is 560. The fourth-order valence-electron chi connectivity index (χ4n) is 2.16. The molecule has 0 aliphatic carbocycles. The minimum atomic E-state index is -0.422. The third-order valence-corrected chi connectivity index (χ3v) is 3.24. The molecule has 1 aromatic carbocycles. The summed E-state index contributed by atoms with van der Waals surface area (Å²) >= 11 is 0. The molecule has 0 saturated carbocycles. The molecule has 21 heavy (non-hydrogen) atoms. The molecule has 5 heteroatoms. The van der Waals surface area contributed by atoms with Crippen LogP contribution in [0.1, 0.15) is 57.1 Å². The lowest BCUT2D eigenvalue weighted by molar-refractivity contribution is -0.0203. The van der Waals surface area contributed by atoms with E-state index in [0.717, 1.165) is 5.56 Å². The van der Waals surface area contributed by atoms with Gasteiger partial charge in [-0.25, -0.2) is 0 Å². The van der Waals surface area contributed by atoms with Gasteiger partial charge < -0.3 is 15.0 Å². The monoisotopic (exact) mass is 289 g/mol. The van der Waals surface area contributed by atoms with Crippen LogP contribution in [0.4, 0.5) is 0 Å². The lowest BCUT2D eigenvalue weighted by Gasteiger charge is -2.27. The van der Waals surface area contributed by atoms with Gasteiger partial charge in [-0.15, -0.1) is 0 Å². The van der Waals surface area contributed by atoms with Gasteiger partial charge in [0.1, 0.15) is 12.1 Å². The summed E-state index contributed by atoms with van der Waals surface area (Å²) in [4.78, 5) is 4.44. The summed E-state index contributed by atoms with van der Waals surface area (Å²) in [6.07, 6.45) is -0.219. The van der Waals surface area contributed by atoms with Crippen molar-refractivity contribution in [3.8, 4) is 0 Å². The van der Waals surface area contributed by atoms with Crippen LogP contribution in [-0.2, 0) is 4.74 Å². The van der Waals surface area contributed by atoms with E-state index in [2.05, 4.69) is 30.9 Å². The minimum absolute atomic E-state index is 0.117. The average Bonchev–Trinajstić information content (AvgIpc) is 2.93. The number of hydrogen-bond acceptors (Lipinski definition) is 5. The first-order valence-electron chi connectivity index (χ1n) is 7.19. The SMILES string of the molecule is CCOC(c1noc([C@@H](N)c2ccccc2)n1)C(C)(C)C. The molecule has 2 atom stereocenters. The predicted molar refractivity (Wildman–Crippen MR) is 80.6 cm³/mol. The molecule has 5 nitrogen and oxygen atoms in total. The maximum absolute atomic E-state index is 6.18. The Morgan fingerprint density at radius 3 is 2.48 bits per heavy atom. The highest BCUT2D eigenvalue weighted by atomic mass is 16.5. The molecule has 2 N–H and O–H groups in total. The Morgan fingerprint density at radius 2 is 1.90 bits per heavy atom. The molecule has 1 heterocycles. The summed E-state index contributed by atoms with van der Waals surface area (Å²) in [7, 11) is 0. The van der Waals surface area contributed by atoms with Gasteiger partial charge in [0.2, 0.25) is 11.7 Å². The molecule has 0 saturated heterocycles. The molecule has 0 amide bonds. The van der Waals surface area contributed by atoms with Crippen molar-refractivity contribution in [2.24, 2.45) is 11.1 Å². The van der Waals surface area contributed by atoms with Gasteiger partial charge in [0, 0.05) is 6.61 Å². The Hall–Kier alpha value is -1.72. The van der Waals surface area contributed by atoms with Crippen LogP contribution in [0.25, 0.3) is 0 Å². The van der Waals surface area contributed by atoms with E-state index in [1.54, 1.807) is 0 Å². The highest BCUT2D eigenvalue weighted by Gasteiger charge is 2.32. The summed E-state index contributed by atoms with van der Waals surface area (Å²) in [6, 6.07) is 9.28. The van der Waals surface area contributed by atoms with Crippen LogP contribution >= 0.6 is 0 Å². The van der Waals surface area contributed by atoms with Crippen LogP contribution in [0.15, 0.2) is 34.9 Å². The van der Waals surface area contributed by atoms with Gasteiger partial charge in [-0.2, -0.15) is 4.98 Å². The van der Waals surface area contributed by atoms with Gasteiger partial charge in [0.25, 0.3) is 0 Å². The fourth-order valence-corrected chi connectivity index (χ4v) is 2.16. The second-order valence-electron chi connectivity index (χ2n) is 6.08. The van der Waals surface area contributed by atoms with E-state index in [-0.39, 0.29) is 11.5 Å². The van der Waals surface area contributed by atoms with Crippen LogP contribution < -0.4 is 5.73 Å². The van der Waals surface area contributed by atoms with Gasteiger partial charge in [-0.1, -0.05) is 56.3 Å². The molecule has 0 radical (unpaired) electrons. The van der Waals surface area contributed by atoms with Crippen molar-refractivity contribution in [1.29, 1.82) is 0 Å². The largest absolute Gasteiger partial charge is 0.370 e. The van der Waals surface area contributed by atoms with Crippen molar-refractivity contribution in [1.82, 2.24) is 10.1 Å². The average molecular weight is 289 g/mol. The van der Waals surface area contributed by atoms with Crippen molar-refractivity contribution >= 4 is 0 Å². The molecule has 0 spiro atoms. The molecule has 114 valence electrons. The quantitative estimate of drug-likeness (QED) is 0.914. The zero-order chi connectivity index (χ0) is 15.5. The topological polar surface area (TPSA) is 74.2 Å². The third kappa shape index (κ3) is 3.68. The number of nitrogens with zero attached hydrogens (tertiary/aromatic N) is 2. The molecule has 0 aliphatic heterocycles. The number of aromatic nitrogens is 2. The van der Waals surface area contributed by atoms with Gasteiger partial charge in [0.15, 0.2) is 0 Å². The number of benzene rings is 1. The van der Waals surface area contributed by atoms with Crippen molar-refractivity contribution in [3.63, 3.8) is 0 Å². The fraction of sp³-hybridized carbons (Fsp3) is 0.500. The molecule has 0 aliphatic rings. The lowest BCUT2D eigenvalue weighted by atomic mass is 9.88. The Labute approximate surface area is 125 Å². The lowest BCUT2D eigenvalue weighted by Crippen LogP contribution is -2.23. The molecule has 0 fully saturated rings. The molecule has 0 bridgehead atoms. The van der Waals surface area contributed by atoms with E-state index in [1.807, 2.05) is 37.3 Å². The van der Waals surface area contributed by atoms with Crippen LogP contribution in [-0.4, -0.2) is 16.7 Å². The van der Waals surface area contributed by atoms with Gasteiger partial charge in [0.05, 0.1) is 0 Å². The number of ether oxygens (including phenoxy) is 1. The van der Waals surface area contributed by atoms with E-state index in [4.69, 9.17) is 15.0 Å². The van der Waals surface area contributed by atoms with E-state index in [9.17, 15) is 0 Å². The van der Waals surface area contributed by atoms with Crippen LogP contribution in [0, 0.1) is 5.41 Å². The molecule has 1 aromatic heterocycles. The van der Waals surface area contributed by atoms with E-state index < -0.39 is 6.04 Å². The van der Waals surface area contributed by atoms with E-state index in [1.165, 1.54) is 0 Å². The Morgan fingerprint density at radius 1 is 1.24 bits per heavy atom. The molecular weight excluding hydrogens is 266 g/mol. The summed E-state index contributed by atoms with van der Waals surface area (Å²) in [5.74, 6) is 0.955. The van der Waals surface area contributed by atoms with Gasteiger partial charge in [-0.05, 0) is 17.9 Å². The van der Waals surface area contributed by atoms with Crippen molar-refractivity contribution in [3.05, 3.63) is 47.6 Å². The zero-order valence-electron chi connectivity index (χ0n) is 13.0. The highest BCUT2D eigenvalue weighted by molar-refractivity contribution is 5.23. The number of rotatable bonds is 5. The maximum Gasteiger partial charge on any atom is 0.248 e. The first-order valence-corrected chi connectivity index (χ1v) is 7.19. The summed E-state index contributed by atoms with van der Waals surface area (Å²) in [5, 5.41) is 4.06. The summed E-state index contributed by atoms with van der Waals surface area (Å²) in [6.45, 7) is 8.80. The zero-order valence-corrected chi connectivity index (χ0v) is 13.0. The normalized spacial score (nSPS) is 14.9. The van der Waals surface area contributed by atoms with Crippen molar-refractivity contribution < 1.29 is 9.26 Å². The van der Waals surface area contributed by atoms with Crippen molar-refractivity contribution in [2.75, 3.05) is 6.61 Å². The van der Waals surface area contributed by atoms with Crippen LogP contribution in [0.5, 0.6) is 0 Å². The number of hydrogen-bond donors (Lipinski definition) is 1. The summed E-state index contributed by atoms with van der Waals surface area (Å²) in [5.41, 5.74) is 7.00. The highest BCUT2D eigenvalue weighted by Crippen LogP contribution is 2.35. The van der Waals surface area contributed by atoms with Crippen LogP contribution in [0.2, 0.25) is 0 Å². The van der Waals surface area contributed by atoms with Crippen molar-refractivity contribution in [2.45, 2.75) is 39.8 Å². The van der Waals surface area contributed by atoms with E-state index in [0.29, 0.717) is 18.3 Å². The minimum Gasteiger partial charge on any atom is -0.370 e.